The average molecular weight is 432 g/mol. The van der Waals surface area contributed by atoms with Crippen molar-refractivity contribution in [3.05, 3.63) is 46.4 Å². The Morgan fingerprint density at radius 1 is 1.20 bits per heavy atom. The molecular weight excluding hydrogens is 402 g/mol. The summed E-state index contributed by atoms with van der Waals surface area (Å²) in [4.78, 5) is 15.3. The van der Waals surface area contributed by atoms with Crippen LogP contribution >= 0.6 is 11.3 Å². The van der Waals surface area contributed by atoms with Gasteiger partial charge in [-0.25, -0.2) is 9.78 Å². The molecule has 1 saturated heterocycles. The van der Waals surface area contributed by atoms with Crippen molar-refractivity contribution < 1.29 is 24.5 Å². The number of rotatable bonds is 9. The molecule has 0 radical (unpaired) electrons. The van der Waals surface area contributed by atoms with Gasteiger partial charge in [-0.3, -0.25) is 0 Å². The largest absolute Gasteiger partial charge is 0.494 e. The van der Waals surface area contributed by atoms with Crippen molar-refractivity contribution in [2.75, 3.05) is 6.61 Å². The third kappa shape index (κ3) is 5.02. The standard InChI is InChI=1S/C23H29NO5S/c25-19-13-21-17(10-11-20(29-21)22-24-18(14-30-22)23(26)27)16(19)9-5-2-6-12-28-15-7-3-1-4-8-15/h1,3-4,7-8,14,16-17,19-21,25H,2,5-6,9-13H2,(H,26,27)/t16-,17-,19-,20-,21+/m1/s1. The van der Waals surface area contributed by atoms with E-state index in [4.69, 9.17) is 14.6 Å². The molecule has 0 amide bonds. The first-order chi connectivity index (χ1) is 14.6. The number of benzene rings is 1. The molecule has 1 aromatic heterocycles. The van der Waals surface area contributed by atoms with E-state index in [9.17, 15) is 9.90 Å². The van der Waals surface area contributed by atoms with Crippen LogP contribution in [-0.4, -0.2) is 40.0 Å². The molecule has 162 valence electrons. The predicted molar refractivity (Wildman–Crippen MR) is 114 cm³/mol. The second-order valence-corrected chi connectivity index (χ2v) is 9.15. The lowest BCUT2D eigenvalue weighted by Gasteiger charge is -2.34. The fourth-order valence-corrected chi connectivity index (χ4v) is 5.68. The Hall–Kier alpha value is -1.96. The number of carboxylic acids is 1. The number of hydrogen-bond donors (Lipinski definition) is 2. The minimum atomic E-state index is -1.00. The number of carbonyl (C=O) groups is 1. The molecule has 0 unspecified atom stereocenters. The third-order valence-electron chi connectivity index (χ3n) is 6.31. The van der Waals surface area contributed by atoms with Gasteiger partial charge in [0.05, 0.1) is 18.8 Å². The minimum Gasteiger partial charge on any atom is -0.494 e. The van der Waals surface area contributed by atoms with Crippen LogP contribution in [0.15, 0.2) is 35.7 Å². The lowest BCUT2D eigenvalue weighted by atomic mass is 9.83. The number of unbranched alkanes of at least 4 members (excludes halogenated alkanes) is 2. The molecule has 0 bridgehead atoms. The topological polar surface area (TPSA) is 88.9 Å². The molecule has 2 aromatic rings. The van der Waals surface area contributed by atoms with E-state index in [2.05, 4.69) is 4.98 Å². The summed E-state index contributed by atoms with van der Waals surface area (Å²) in [6, 6.07) is 9.88. The average Bonchev–Trinajstić information content (AvgIpc) is 3.36. The summed E-state index contributed by atoms with van der Waals surface area (Å²) in [6.07, 6.45) is 6.29. The van der Waals surface area contributed by atoms with Gasteiger partial charge in [-0.2, -0.15) is 0 Å². The van der Waals surface area contributed by atoms with E-state index >= 15 is 0 Å². The van der Waals surface area contributed by atoms with Gasteiger partial charge < -0.3 is 19.7 Å². The van der Waals surface area contributed by atoms with Crippen molar-refractivity contribution >= 4 is 17.3 Å². The summed E-state index contributed by atoms with van der Waals surface area (Å²) in [5, 5.41) is 22.0. The van der Waals surface area contributed by atoms with Gasteiger partial charge in [-0.05, 0) is 49.7 Å². The Bertz CT molecular complexity index is 826. The van der Waals surface area contributed by atoms with Crippen LogP contribution in [0.3, 0.4) is 0 Å². The van der Waals surface area contributed by atoms with Gasteiger partial charge in [0.25, 0.3) is 0 Å². The quantitative estimate of drug-likeness (QED) is 0.560. The molecule has 2 heterocycles. The number of nitrogens with zero attached hydrogens (tertiary/aromatic N) is 1. The molecule has 30 heavy (non-hydrogen) atoms. The summed E-state index contributed by atoms with van der Waals surface area (Å²) >= 11 is 1.35. The highest BCUT2D eigenvalue weighted by atomic mass is 32.1. The lowest BCUT2D eigenvalue weighted by molar-refractivity contribution is -0.0795. The molecular formula is C23H29NO5S. The van der Waals surface area contributed by atoms with Crippen LogP contribution in [0, 0.1) is 11.8 Å². The Kier molecular flexibility index (Phi) is 7.02. The number of aliphatic hydroxyl groups excluding tert-OH is 1. The maximum Gasteiger partial charge on any atom is 0.355 e. The number of aliphatic hydroxyl groups is 1. The van der Waals surface area contributed by atoms with Gasteiger partial charge in [0.15, 0.2) is 5.69 Å². The maximum atomic E-state index is 11.1. The van der Waals surface area contributed by atoms with Gasteiger partial charge in [0.1, 0.15) is 16.9 Å². The van der Waals surface area contributed by atoms with Gasteiger partial charge in [0, 0.05) is 11.8 Å². The van der Waals surface area contributed by atoms with Crippen molar-refractivity contribution in [1.82, 2.24) is 4.98 Å². The van der Waals surface area contributed by atoms with Crippen LogP contribution in [0.4, 0.5) is 0 Å². The van der Waals surface area contributed by atoms with E-state index in [1.807, 2.05) is 30.3 Å². The van der Waals surface area contributed by atoms with Crippen LogP contribution in [0.5, 0.6) is 5.75 Å². The second kappa shape index (κ2) is 9.90. The van der Waals surface area contributed by atoms with Gasteiger partial charge in [-0.15, -0.1) is 11.3 Å². The molecule has 1 saturated carbocycles. The second-order valence-electron chi connectivity index (χ2n) is 8.26. The van der Waals surface area contributed by atoms with Crippen molar-refractivity contribution in [3.63, 3.8) is 0 Å². The van der Waals surface area contributed by atoms with E-state index in [0.717, 1.165) is 55.9 Å². The molecule has 1 aliphatic carbocycles. The summed E-state index contributed by atoms with van der Waals surface area (Å²) in [5.41, 5.74) is 0.0845. The normalized spacial score (nSPS) is 28.2. The lowest BCUT2D eigenvalue weighted by Crippen LogP contribution is -2.30. The molecule has 2 N–H and O–H groups in total. The zero-order chi connectivity index (χ0) is 20.9. The Morgan fingerprint density at radius 2 is 2.03 bits per heavy atom. The molecule has 0 spiro atoms. The molecule has 4 rings (SSSR count). The van der Waals surface area contributed by atoms with Crippen LogP contribution in [0.1, 0.15) is 66.5 Å². The van der Waals surface area contributed by atoms with Crippen molar-refractivity contribution in [3.8, 4) is 5.75 Å². The first-order valence-electron chi connectivity index (χ1n) is 10.8. The van der Waals surface area contributed by atoms with Gasteiger partial charge in [-0.1, -0.05) is 31.0 Å². The molecule has 1 aromatic carbocycles. The zero-order valence-electron chi connectivity index (χ0n) is 17.0. The smallest absolute Gasteiger partial charge is 0.355 e. The summed E-state index contributed by atoms with van der Waals surface area (Å²) in [5.74, 6) is 0.584. The molecule has 5 atom stereocenters. The highest BCUT2D eigenvalue weighted by Crippen LogP contribution is 2.47. The van der Waals surface area contributed by atoms with E-state index < -0.39 is 5.97 Å². The number of hydrogen-bond acceptors (Lipinski definition) is 6. The molecule has 2 fully saturated rings. The van der Waals surface area contributed by atoms with Crippen molar-refractivity contribution in [2.24, 2.45) is 11.8 Å². The summed E-state index contributed by atoms with van der Waals surface area (Å²) in [6.45, 7) is 0.722. The third-order valence-corrected chi connectivity index (χ3v) is 7.24. The summed E-state index contributed by atoms with van der Waals surface area (Å²) in [7, 11) is 0. The zero-order valence-corrected chi connectivity index (χ0v) is 17.8. The number of carboxylic acid groups (broad SMARTS) is 1. The number of thiazole rings is 1. The predicted octanol–water partition coefficient (Wildman–Crippen LogP) is 4.70. The highest BCUT2D eigenvalue weighted by Gasteiger charge is 2.46. The van der Waals surface area contributed by atoms with Crippen LogP contribution in [0.25, 0.3) is 0 Å². The molecule has 1 aliphatic heterocycles. The number of fused-ring (bicyclic) bond motifs is 1. The first kappa shape index (κ1) is 21.3. The van der Waals surface area contributed by atoms with Crippen molar-refractivity contribution in [1.29, 1.82) is 0 Å². The van der Waals surface area contributed by atoms with E-state index in [1.54, 1.807) is 5.38 Å². The van der Waals surface area contributed by atoms with Gasteiger partial charge in [0.2, 0.25) is 0 Å². The van der Waals surface area contributed by atoms with E-state index in [1.165, 1.54) is 11.3 Å². The SMILES string of the molecule is O=C(O)c1csc([C@H]2CC[C@@H]3[C@@H](CCCCCOc4ccccc4)[C@H](O)C[C@@H]3O2)n1. The monoisotopic (exact) mass is 431 g/mol. The Balaban J connectivity index is 1.20. The number of aromatic nitrogens is 1. The Labute approximate surface area is 180 Å². The summed E-state index contributed by atoms with van der Waals surface area (Å²) < 4.78 is 12.0. The molecule has 6 nitrogen and oxygen atoms in total. The number of aromatic carboxylic acids is 1. The fraction of sp³-hybridized carbons (Fsp3) is 0.565. The first-order valence-corrected chi connectivity index (χ1v) is 11.7. The van der Waals surface area contributed by atoms with Gasteiger partial charge >= 0.3 is 5.97 Å². The fourth-order valence-electron chi connectivity index (χ4n) is 4.82. The maximum absolute atomic E-state index is 11.1. The highest BCUT2D eigenvalue weighted by molar-refractivity contribution is 7.09. The van der Waals surface area contributed by atoms with Crippen molar-refractivity contribution in [2.45, 2.75) is 63.3 Å². The number of ether oxygens (including phenoxy) is 2. The van der Waals surface area contributed by atoms with Crippen LogP contribution in [-0.2, 0) is 4.74 Å². The minimum absolute atomic E-state index is 0.0438. The van der Waals surface area contributed by atoms with E-state index in [-0.39, 0.29) is 29.9 Å². The van der Waals surface area contributed by atoms with Crippen LogP contribution in [0.2, 0.25) is 0 Å². The van der Waals surface area contributed by atoms with Crippen LogP contribution < -0.4 is 4.74 Å². The van der Waals surface area contributed by atoms with E-state index in [0.29, 0.717) is 12.3 Å². The molecule has 7 heteroatoms. The Morgan fingerprint density at radius 3 is 2.80 bits per heavy atom. The number of para-hydroxylation sites is 1. The molecule has 2 aliphatic rings.